The molecule has 34 heavy (non-hydrogen) atoms. The van der Waals surface area contributed by atoms with Crippen molar-refractivity contribution < 1.29 is 4.79 Å². The van der Waals surface area contributed by atoms with Crippen LogP contribution in [0, 0.1) is 0 Å². The molecular weight excluding hydrogens is 464 g/mol. The van der Waals surface area contributed by atoms with Crippen molar-refractivity contribution in [2.75, 3.05) is 5.32 Å². The number of pyridine rings is 1. The van der Waals surface area contributed by atoms with Crippen LogP contribution >= 0.6 is 23.1 Å². The number of benzene rings is 1. The molecule has 6 nitrogen and oxygen atoms in total. The molecule has 1 atom stereocenters. The van der Waals surface area contributed by atoms with E-state index < -0.39 is 5.25 Å². The second-order valence-corrected chi connectivity index (χ2v) is 9.99. The first kappa shape index (κ1) is 24.2. The van der Waals surface area contributed by atoms with Crippen LogP contribution in [0.5, 0.6) is 0 Å². The van der Waals surface area contributed by atoms with E-state index in [0.29, 0.717) is 28.3 Å². The van der Waals surface area contributed by atoms with Crippen LogP contribution in [-0.2, 0) is 24.2 Å². The lowest BCUT2D eigenvalue weighted by atomic mass is 10.0. The quantitative estimate of drug-likeness (QED) is 0.245. The van der Waals surface area contributed by atoms with E-state index in [2.05, 4.69) is 36.3 Å². The fraction of sp³-hybridized carbons (Fsp3) is 0.308. The molecule has 0 radical (unpaired) electrons. The predicted octanol–water partition coefficient (Wildman–Crippen LogP) is 5.54. The molecule has 176 valence electrons. The maximum absolute atomic E-state index is 13.4. The van der Waals surface area contributed by atoms with Gasteiger partial charge in [-0.1, -0.05) is 56.8 Å². The molecule has 4 rings (SSSR count). The van der Waals surface area contributed by atoms with Gasteiger partial charge in [-0.2, -0.15) is 0 Å². The summed E-state index contributed by atoms with van der Waals surface area (Å²) in [5.74, 6) is -0.0767. The highest BCUT2D eigenvalue weighted by Gasteiger charge is 2.24. The summed E-state index contributed by atoms with van der Waals surface area (Å²) in [4.78, 5) is 35.8. The highest BCUT2D eigenvalue weighted by atomic mass is 32.2. The summed E-state index contributed by atoms with van der Waals surface area (Å²) in [6, 6.07) is 13.6. The lowest BCUT2D eigenvalue weighted by Gasteiger charge is -2.20. The molecule has 1 unspecified atom stereocenters. The van der Waals surface area contributed by atoms with Crippen molar-refractivity contribution in [3.63, 3.8) is 0 Å². The number of carbonyl (C=O) groups excluding carboxylic acids is 1. The minimum absolute atomic E-state index is 0.0767. The van der Waals surface area contributed by atoms with Gasteiger partial charge >= 0.3 is 0 Å². The molecule has 0 saturated carbocycles. The van der Waals surface area contributed by atoms with Crippen LogP contribution in [0.15, 0.2) is 64.0 Å². The van der Waals surface area contributed by atoms with Gasteiger partial charge in [0.05, 0.1) is 23.0 Å². The Hall–Kier alpha value is -2.97. The molecule has 0 aliphatic carbocycles. The van der Waals surface area contributed by atoms with Gasteiger partial charge in [0.2, 0.25) is 5.91 Å². The van der Waals surface area contributed by atoms with Crippen LogP contribution in [0.1, 0.15) is 44.0 Å². The van der Waals surface area contributed by atoms with Gasteiger partial charge in [0, 0.05) is 11.9 Å². The number of anilines is 1. The maximum atomic E-state index is 13.4. The molecule has 1 amide bonds. The normalized spacial score (nSPS) is 12.1. The Bertz CT molecular complexity index is 1330. The van der Waals surface area contributed by atoms with Crippen LogP contribution in [0.3, 0.4) is 0 Å². The number of aryl methyl sites for hydroxylation is 2. The maximum Gasteiger partial charge on any atom is 0.272 e. The average molecular weight is 493 g/mol. The molecule has 0 aliphatic rings. The van der Waals surface area contributed by atoms with Crippen LogP contribution < -0.4 is 10.9 Å². The van der Waals surface area contributed by atoms with Crippen LogP contribution in [0.4, 0.5) is 5.69 Å². The van der Waals surface area contributed by atoms with Gasteiger partial charge in [0.15, 0.2) is 5.16 Å². The van der Waals surface area contributed by atoms with Crippen LogP contribution in [0.2, 0.25) is 0 Å². The molecule has 1 aromatic carbocycles. The van der Waals surface area contributed by atoms with Crippen LogP contribution in [-0.4, -0.2) is 25.7 Å². The number of thioether (sulfide) groups is 1. The topological polar surface area (TPSA) is 76.9 Å². The first-order chi connectivity index (χ1) is 16.5. The number of rotatable bonds is 9. The SMILES string of the molecule is CCc1cccc(CC)c1NC(=O)C(CC)Sc1nc2ccsc2c(=O)n1Cc1ccccn1. The number of hydrogen-bond acceptors (Lipinski definition) is 6. The van der Waals surface area contributed by atoms with Gasteiger partial charge in [0.1, 0.15) is 4.70 Å². The molecule has 0 aliphatic heterocycles. The third-order valence-electron chi connectivity index (χ3n) is 5.74. The second kappa shape index (κ2) is 11.0. The third kappa shape index (κ3) is 5.08. The fourth-order valence-corrected chi connectivity index (χ4v) is 5.65. The molecule has 0 fully saturated rings. The van der Waals surface area contributed by atoms with Crippen molar-refractivity contribution in [2.24, 2.45) is 0 Å². The Kier molecular flexibility index (Phi) is 7.80. The van der Waals surface area contributed by atoms with Crippen molar-refractivity contribution in [2.45, 2.75) is 57.0 Å². The number of amides is 1. The van der Waals surface area contributed by atoms with Gasteiger partial charge in [-0.3, -0.25) is 19.1 Å². The van der Waals surface area contributed by atoms with Gasteiger partial charge < -0.3 is 5.32 Å². The Morgan fingerprint density at radius 2 is 1.85 bits per heavy atom. The summed E-state index contributed by atoms with van der Waals surface area (Å²) < 4.78 is 2.25. The van der Waals surface area contributed by atoms with Gasteiger partial charge in [-0.25, -0.2) is 4.98 Å². The van der Waals surface area contributed by atoms with Crippen molar-refractivity contribution in [1.29, 1.82) is 0 Å². The van der Waals surface area contributed by atoms with Crippen molar-refractivity contribution in [3.8, 4) is 0 Å². The molecular formula is C26H28N4O2S2. The van der Waals surface area contributed by atoms with Crippen molar-refractivity contribution >= 4 is 44.9 Å². The van der Waals surface area contributed by atoms with E-state index >= 15 is 0 Å². The number of fused-ring (bicyclic) bond motifs is 1. The lowest BCUT2D eigenvalue weighted by Crippen LogP contribution is -2.29. The van der Waals surface area contributed by atoms with Crippen molar-refractivity contribution in [3.05, 3.63) is 81.2 Å². The number of aromatic nitrogens is 3. The van der Waals surface area contributed by atoms with E-state index in [1.165, 1.54) is 23.1 Å². The van der Waals surface area contributed by atoms with Gasteiger partial charge in [-0.15, -0.1) is 11.3 Å². The molecule has 0 bridgehead atoms. The molecule has 8 heteroatoms. The minimum atomic E-state index is -0.396. The summed E-state index contributed by atoms with van der Waals surface area (Å²) in [6.07, 6.45) is 4.00. The zero-order valence-electron chi connectivity index (χ0n) is 19.6. The average Bonchev–Trinajstić information content (AvgIpc) is 3.34. The van der Waals surface area contributed by atoms with E-state index in [-0.39, 0.29) is 11.5 Å². The minimum Gasteiger partial charge on any atom is -0.325 e. The first-order valence-electron chi connectivity index (χ1n) is 11.5. The molecule has 3 aromatic heterocycles. The first-order valence-corrected chi connectivity index (χ1v) is 13.3. The Labute approximate surface area is 207 Å². The van der Waals surface area contributed by atoms with Gasteiger partial charge in [-0.05, 0) is 54.0 Å². The van der Waals surface area contributed by atoms with Crippen LogP contribution in [0.25, 0.3) is 10.2 Å². The standard InChI is InChI=1S/C26H28N4O2S2/c1-4-17-10-9-11-18(5-2)22(17)29-24(31)21(6-3)34-26-28-20-13-15-33-23(20)25(32)30(26)16-19-12-7-8-14-27-19/h7-15,21H,4-6,16H2,1-3H3,(H,29,31). The third-order valence-corrected chi connectivity index (χ3v) is 7.98. The monoisotopic (exact) mass is 492 g/mol. The Morgan fingerprint density at radius 3 is 2.50 bits per heavy atom. The zero-order valence-corrected chi connectivity index (χ0v) is 21.2. The summed E-state index contributed by atoms with van der Waals surface area (Å²) in [5.41, 5.74) is 4.48. The van der Waals surface area contributed by atoms with Crippen molar-refractivity contribution in [1.82, 2.24) is 14.5 Å². The summed E-state index contributed by atoms with van der Waals surface area (Å²) in [6.45, 7) is 6.47. The molecule has 3 heterocycles. The highest BCUT2D eigenvalue weighted by Crippen LogP contribution is 2.29. The highest BCUT2D eigenvalue weighted by molar-refractivity contribution is 8.00. The summed E-state index contributed by atoms with van der Waals surface area (Å²) >= 11 is 2.72. The lowest BCUT2D eigenvalue weighted by molar-refractivity contribution is -0.115. The smallest absolute Gasteiger partial charge is 0.272 e. The van der Waals surface area contributed by atoms with Gasteiger partial charge in [0.25, 0.3) is 5.56 Å². The largest absolute Gasteiger partial charge is 0.325 e. The Morgan fingerprint density at radius 1 is 1.09 bits per heavy atom. The van der Waals surface area contributed by atoms with E-state index in [4.69, 9.17) is 4.98 Å². The summed E-state index contributed by atoms with van der Waals surface area (Å²) in [7, 11) is 0. The molecule has 0 saturated heterocycles. The molecule has 1 N–H and O–H groups in total. The predicted molar refractivity (Wildman–Crippen MR) is 141 cm³/mol. The fourth-order valence-electron chi connectivity index (χ4n) is 3.86. The Balaban J connectivity index is 1.67. The number of nitrogens with zero attached hydrogens (tertiary/aromatic N) is 3. The molecule has 0 spiro atoms. The van der Waals surface area contributed by atoms with E-state index in [1.807, 2.05) is 42.6 Å². The zero-order chi connectivity index (χ0) is 24.1. The number of nitrogens with one attached hydrogen (secondary N) is 1. The number of para-hydroxylation sites is 1. The number of thiophene rings is 1. The second-order valence-electron chi connectivity index (χ2n) is 7.90. The van der Waals surface area contributed by atoms with E-state index in [1.54, 1.807) is 10.8 Å². The molecule has 4 aromatic rings. The summed E-state index contributed by atoms with van der Waals surface area (Å²) in [5, 5.41) is 5.19. The number of hydrogen-bond donors (Lipinski definition) is 1. The van der Waals surface area contributed by atoms with E-state index in [9.17, 15) is 9.59 Å². The van der Waals surface area contributed by atoms with E-state index in [0.717, 1.165) is 35.3 Å². The number of carbonyl (C=O) groups is 1.